The summed E-state index contributed by atoms with van der Waals surface area (Å²) in [5.41, 5.74) is 2.91. The highest BCUT2D eigenvalue weighted by molar-refractivity contribution is 5.97. The molecule has 0 spiro atoms. The first kappa shape index (κ1) is 16.5. The molecule has 3 nitrogen and oxygen atoms in total. The molecule has 0 saturated heterocycles. The van der Waals surface area contributed by atoms with Crippen LogP contribution in [0.2, 0.25) is 0 Å². The minimum Gasteiger partial charge on any atom is -0.457 e. The van der Waals surface area contributed by atoms with Crippen LogP contribution in [0.15, 0.2) is 60.2 Å². The molecule has 0 unspecified atom stereocenters. The summed E-state index contributed by atoms with van der Waals surface area (Å²) in [5, 5.41) is 9.18. The fourth-order valence-electron chi connectivity index (χ4n) is 2.08. The normalized spacial score (nSPS) is 11.1. The summed E-state index contributed by atoms with van der Waals surface area (Å²) in [7, 11) is 0. The maximum absolute atomic E-state index is 12.0. The first-order valence-corrected chi connectivity index (χ1v) is 7.53. The summed E-state index contributed by atoms with van der Waals surface area (Å²) in [6.07, 6.45) is 1.55. The molecule has 0 saturated carbocycles. The van der Waals surface area contributed by atoms with E-state index >= 15 is 0 Å². The molecule has 2 aromatic rings. The average Bonchev–Trinajstić information content (AvgIpc) is 2.59. The largest absolute Gasteiger partial charge is 0.457 e. The molecule has 0 heterocycles. The second-order valence-corrected chi connectivity index (χ2v) is 5.55. The van der Waals surface area contributed by atoms with Crippen molar-refractivity contribution in [3.05, 3.63) is 76.9 Å². The van der Waals surface area contributed by atoms with Crippen molar-refractivity contribution < 1.29 is 9.53 Å². The molecule has 0 amide bonds. The van der Waals surface area contributed by atoms with Gasteiger partial charge in [0.1, 0.15) is 18.2 Å². The van der Waals surface area contributed by atoms with E-state index in [1.807, 2.05) is 60.7 Å². The van der Waals surface area contributed by atoms with Gasteiger partial charge in [-0.05, 0) is 28.7 Å². The van der Waals surface area contributed by atoms with E-state index in [2.05, 4.69) is 13.8 Å². The highest BCUT2D eigenvalue weighted by Gasteiger charge is 2.11. The zero-order chi connectivity index (χ0) is 16.7. The Hall–Kier alpha value is -2.86. The Morgan fingerprint density at radius 1 is 1.13 bits per heavy atom. The van der Waals surface area contributed by atoms with Crippen molar-refractivity contribution >= 4 is 12.0 Å². The van der Waals surface area contributed by atoms with Crippen LogP contribution in [0.25, 0.3) is 6.08 Å². The Morgan fingerprint density at radius 2 is 1.78 bits per heavy atom. The Morgan fingerprint density at radius 3 is 2.35 bits per heavy atom. The molecule has 0 aliphatic carbocycles. The quantitative estimate of drug-likeness (QED) is 0.465. The van der Waals surface area contributed by atoms with Crippen LogP contribution in [0.4, 0.5) is 0 Å². The first-order chi connectivity index (χ1) is 11.1. The van der Waals surface area contributed by atoms with Gasteiger partial charge in [-0.3, -0.25) is 0 Å². The predicted octanol–water partition coefficient (Wildman–Crippen LogP) is 4.46. The lowest BCUT2D eigenvalue weighted by molar-refractivity contribution is -0.139. The number of hydrogen-bond donors (Lipinski definition) is 0. The van der Waals surface area contributed by atoms with Crippen molar-refractivity contribution in [2.45, 2.75) is 26.4 Å². The third-order valence-corrected chi connectivity index (χ3v) is 3.47. The second kappa shape index (κ2) is 7.95. The number of nitriles is 1. The molecule has 2 rings (SSSR count). The monoisotopic (exact) mass is 305 g/mol. The highest BCUT2D eigenvalue weighted by atomic mass is 16.5. The van der Waals surface area contributed by atoms with Gasteiger partial charge in [0.25, 0.3) is 0 Å². The van der Waals surface area contributed by atoms with Crippen molar-refractivity contribution in [3.8, 4) is 6.07 Å². The van der Waals surface area contributed by atoms with E-state index in [9.17, 15) is 10.1 Å². The smallest absolute Gasteiger partial charge is 0.349 e. The van der Waals surface area contributed by atoms with E-state index in [0.717, 1.165) is 11.1 Å². The van der Waals surface area contributed by atoms with Gasteiger partial charge in [-0.15, -0.1) is 0 Å². The minimum atomic E-state index is -0.607. The van der Waals surface area contributed by atoms with Gasteiger partial charge in [-0.2, -0.15) is 5.26 Å². The fourth-order valence-corrected chi connectivity index (χ4v) is 2.08. The summed E-state index contributed by atoms with van der Waals surface area (Å²) >= 11 is 0. The van der Waals surface area contributed by atoms with Crippen LogP contribution in [0.5, 0.6) is 0 Å². The number of carbonyl (C=O) groups is 1. The van der Waals surface area contributed by atoms with Crippen LogP contribution in [0.3, 0.4) is 0 Å². The number of rotatable bonds is 5. The maximum atomic E-state index is 12.0. The summed E-state index contributed by atoms with van der Waals surface area (Å²) in [4.78, 5) is 12.0. The van der Waals surface area contributed by atoms with E-state index in [1.54, 1.807) is 6.08 Å². The van der Waals surface area contributed by atoms with Crippen LogP contribution >= 0.6 is 0 Å². The van der Waals surface area contributed by atoms with Gasteiger partial charge in [-0.1, -0.05) is 68.4 Å². The van der Waals surface area contributed by atoms with Gasteiger partial charge in [0, 0.05) is 0 Å². The Labute approximate surface area is 136 Å². The van der Waals surface area contributed by atoms with Crippen molar-refractivity contribution in [1.82, 2.24) is 0 Å². The number of carbonyl (C=O) groups excluding carboxylic acids is 1. The van der Waals surface area contributed by atoms with E-state index < -0.39 is 5.97 Å². The van der Waals surface area contributed by atoms with Crippen LogP contribution in [-0.2, 0) is 16.1 Å². The molecular formula is C20H19NO2. The molecular weight excluding hydrogens is 286 g/mol. The van der Waals surface area contributed by atoms with Crippen LogP contribution in [0, 0.1) is 11.3 Å². The van der Waals surface area contributed by atoms with E-state index in [4.69, 9.17) is 4.74 Å². The fraction of sp³-hybridized carbons (Fsp3) is 0.200. The molecule has 0 aliphatic rings. The molecule has 0 bridgehead atoms. The lowest BCUT2D eigenvalue weighted by Gasteiger charge is -2.06. The third kappa shape index (κ3) is 4.82. The zero-order valence-electron chi connectivity index (χ0n) is 13.3. The molecule has 0 aliphatic heterocycles. The van der Waals surface area contributed by atoms with E-state index in [0.29, 0.717) is 5.92 Å². The lowest BCUT2D eigenvalue weighted by atomic mass is 10.0. The van der Waals surface area contributed by atoms with E-state index in [1.165, 1.54) is 5.56 Å². The predicted molar refractivity (Wildman–Crippen MR) is 90.4 cm³/mol. The molecule has 3 heteroatoms. The number of benzene rings is 2. The van der Waals surface area contributed by atoms with Gasteiger partial charge in [0.2, 0.25) is 0 Å². The zero-order valence-corrected chi connectivity index (χ0v) is 13.3. The molecule has 0 N–H and O–H groups in total. The molecule has 0 aromatic heterocycles. The topological polar surface area (TPSA) is 50.1 Å². The van der Waals surface area contributed by atoms with Crippen LogP contribution in [0.1, 0.15) is 36.5 Å². The molecule has 116 valence electrons. The van der Waals surface area contributed by atoms with Gasteiger partial charge in [-0.25, -0.2) is 4.79 Å². The SMILES string of the molecule is CC(C)c1ccc(C=C(C#N)C(=O)OCc2ccccc2)cc1. The Balaban J connectivity index is 2.06. The molecule has 0 radical (unpaired) electrons. The molecule has 0 atom stereocenters. The number of hydrogen-bond acceptors (Lipinski definition) is 3. The highest BCUT2D eigenvalue weighted by Crippen LogP contribution is 2.16. The Bertz CT molecular complexity index is 722. The van der Waals surface area contributed by atoms with Crippen molar-refractivity contribution in [2.75, 3.05) is 0 Å². The summed E-state index contributed by atoms with van der Waals surface area (Å²) in [6, 6.07) is 19.1. The minimum absolute atomic E-state index is 0.00164. The van der Waals surface area contributed by atoms with E-state index in [-0.39, 0.29) is 12.2 Å². The molecule has 23 heavy (non-hydrogen) atoms. The van der Waals surface area contributed by atoms with Crippen molar-refractivity contribution in [3.63, 3.8) is 0 Å². The first-order valence-electron chi connectivity index (χ1n) is 7.53. The number of esters is 1. The standard InChI is InChI=1S/C20H19NO2/c1-15(2)18-10-8-16(9-11-18)12-19(13-21)20(22)23-14-17-6-4-3-5-7-17/h3-12,15H,14H2,1-2H3. The van der Waals surface area contributed by atoms with Crippen molar-refractivity contribution in [2.24, 2.45) is 0 Å². The summed E-state index contributed by atoms with van der Waals surface area (Å²) in [5.74, 6) is -0.163. The second-order valence-electron chi connectivity index (χ2n) is 5.55. The number of ether oxygens (including phenoxy) is 1. The van der Waals surface area contributed by atoms with Gasteiger partial charge in [0.15, 0.2) is 0 Å². The number of nitrogens with zero attached hydrogens (tertiary/aromatic N) is 1. The van der Waals surface area contributed by atoms with Gasteiger partial charge < -0.3 is 4.74 Å². The molecule has 2 aromatic carbocycles. The van der Waals surface area contributed by atoms with Crippen LogP contribution < -0.4 is 0 Å². The summed E-state index contributed by atoms with van der Waals surface area (Å²) < 4.78 is 5.19. The van der Waals surface area contributed by atoms with Crippen LogP contribution in [-0.4, -0.2) is 5.97 Å². The average molecular weight is 305 g/mol. The van der Waals surface area contributed by atoms with Gasteiger partial charge >= 0.3 is 5.97 Å². The van der Waals surface area contributed by atoms with Crippen molar-refractivity contribution in [1.29, 1.82) is 5.26 Å². The summed E-state index contributed by atoms with van der Waals surface area (Å²) in [6.45, 7) is 4.39. The Kier molecular flexibility index (Phi) is 5.71. The lowest BCUT2D eigenvalue weighted by Crippen LogP contribution is -2.06. The molecule has 0 fully saturated rings. The van der Waals surface area contributed by atoms with Gasteiger partial charge in [0.05, 0.1) is 0 Å². The maximum Gasteiger partial charge on any atom is 0.349 e. The third-order valence-electron chi connectivity index (χ3n) is 3.47.